The third kappa shape index (κ3) is 11.2. The average Bonchev–Trinajstić information content (AvgIpc) is 2.62. The average molecular weight is 635 g/mol. The Labute approximate surface area is 203 Å². The summed E-state index contributed by atoms with van der Waals surface area (Å²) in [5, 5.41) is 2.58. The number of rotatable bonds is 9. The fraction of sp³-hybridized carbons (Fsp3) is 0.391. The van der Waals surface area contributed by atoms with Crippen LogP contribution in [0.5, 0.6) is 0 Å². The zero-order chi connectivity index (χ0) is 19.6. The van der Waals surface area contributed by atoms with E-state index in [-0.39, 0.29) is 24.0 Å². The summed E-state index contributed by atoms with van der Waals surface area (Å²) in [6, 6.07) is 21.9. The minimum atomic E-state index is -1.29. The quantitative estimate of drug-likeness (QED) is 0.160. The summed E-state index contributed by atoms with van der Waals surface area (Å²) >= 11 is 1.13. The molecule has 0 fully saturated rings. The summed E-state index contributed by atoms with van der Waals surface area (Å²) in [5.41, 5.74) is 3.58. The second-order valence-corrected chi connectivity index (χ2v) is 17.8. The molecule has 0 aliphatic rings. The van der Waals surface area contributed by atoms with Crippen LogP contribution < -0.4 is 32.9 Å². The molecule has 0 saturated heterocycles. The van der Waals surface area contributed by atoms with Gasteiger partial charge in [-0.05, 0) is 0 Å². The van der Waals surface area contributed by atoms with Crippen LogP contribution in [0.4, 0.5) is 0 Å². The van der Waals surface area contributed by atoms with Crippen LogP contribution in [0.3, 0.4) is 0 Å². The molecule has 28 heavy (non-hydrogen) atoms. The Hall–Kier alpha value is -0.0542. The van der Waals surface area contributed by atoms with E-state index < -0.39 is 8.07 Å². The number of hydrogen-bond acceptors (Lipinski definition) is 0. The predicted molar refractivity (Wildman–Crippen MR) is 125 cm³/mol. The van der Waals surface area contributed by atoms with Gasteiger partial charge in [0.25, 0.3) is 0 Å². The van der Waals surface area contributed by atoms with E-state index >= 15 is 0 Å². The number of benzene rings is 2. The molecule has 2 rings (SSSR count). The van der Waals surface area contributed by atoms with Gasteiger partial charge in [0.15, 0.2) is 0 Å². The second-order valence-electron chi connectivity index (χ2n) is 8.10. The molecule has 0 N–H and O–H groups in total. The van der Waals surface area contributed by atoms with Crippen molar-refractivity contribution in [3.63, 3.8) is 0 Å². The Bertz CT molecular complexity index is 690. The van der Waals surface area contributed by atoms with Crippen molar-refractivity contribution in [3.8, 4) is 11.5 Å². The largest absolute Gasteiger partial charge is 1.00 e. The van der Waals surface area contributed by atoms with E-state index in [1.807, 2.05) is 0 Å². The monoisotopic (exact) mass is 637 g/mol. The second kappa shape index (κ2) is 13.3. The minimum absolute atomic E-state index is 0. The van der Waals surface area contributed by atoms with Crippen molar-refractivity contribution >= 4 is 46.9 Å². The molecule has 0 aliphatic heterocycles. The fourth-order valence-electron chi connectivity index (χ4n) is 2.57. The van der Waals surface area contributed by atoms with E-state index in [1.165, 1.54) is 32.7 Å². The molecule has 152 valence electrons. The Balaban J connectivity index is 0.00000392. The van der Waals surface area contributed by atoms with E-state index in [4.69, 9.17) is 0 Å². The van der Waals surface area contributed by atoms with Gasteiger partial charge in [0.2, 0.25) is 0 Å². The van der Waals surface area contributed by atoms with Gasteiger partial charge in [0.05, 0.1) is 0 Å². The van der Waals surface area contributed by atoms with Crippen LogP contribution in [-0.2, 0) is 0 Å². The van der Waals surface area contributed by atoms with Crippen LogP contribution in [0.15, 0.2) is 60.7 Å². The Morgan fingerprint density at radius 1 is 0.786 bits per heavy atom. The van der Waals surface area contributed by atoms with Crippen LogP contribution >= 0.6 is 0 Å². The molecule has 0 aromatic heterocycles. The predicted octanol–water partition coefficient (Wildman–Crippen LogP) is 0.214. The molecule has 0 atom stereocenters. The van der Waals surface area contributed by atoms with Crippen LogP contribution in [-0.4, -0.2) is 69.2 Å². The van der Waals surface area contributed by atoms with Crippen molar-refractivity contribution in [1.29, 1.82) is 0 Å². The van der Waals surface area contributed by atoms with Gasteiger partial charge in [-0.2, -0.15) is 0 Å². The summed E-state index contributed by atoms with van der Waals surface area (Å²) in [6.07, 6.45) is 0. The van der Waals surface area contributed by atoms with Gasteiger partial charge < -0.3 is 24.0 Å². The molecule has 0 bridgehead atoms. The molecular formula is C23H32INSe2Si. The zero-order valence-corrected chi connectivity index (χ0v) is 24.0. The molecule has 0 amide bonds. The molecule has 5 heteroatoms. The number of hydrogen-bond donors (Lipinski definition) is 0. The van der Waals surface area contributed by atoms with Gasteiger partial charge >= 0.3 is 180 Å². The minimum Gasteiger partial charge on any atom is -1.00 e. The van der Waals surface area contributed by atoms with Crippen molar-refractivity contribution < 1.29 is 28.5 Å². The summed E-state index contributed by atoms with van der Waals surface area (Å²) in [6.45, 7) is 10.5. The van der Waals surface area contributed by atoms with Gasteiger partial charge in [-0.15, -0.1) is 0 Å². The van der Waals surface area contributed by atoms with Gasteiger partial charge in [-0.3, -0.25) is 0 Å². The van der Waals surface area contributed by atoms with Crippen molar-refractivity contribution in [1.82, 2.24) is 0 Å². The third-order valence-electron chi connectivity index (χ3n) is 4.21. The van der Waals surface area contributed by atoms with Gasteiger partial charge in [0.1, 0.15) is 0 Å². The molecule has 0 unspecified atom stereocenters. The van der Waals surface area contributed by atoms with Crippen molar-refractivity contribution in [2.24, 2.45) is 0 Å². The Morgan fingerprint density at radius 2 is 1.21 bits per heavy atom. The fourth-order valence-corrected chi connectivity index (χ4v) is 7.86. The maximum atomic E-state index is 3.58. The molecule has 0 aliphatic carbocycles. The standard InChI is InChI=1S/C23H32NSe2Si.HI/c1-24(16-11-21-27(2,3)4,17-19-25-22-12-7-5-8-13-22)18-20-26-23-14-9-6-10-15-23;/h5-10,12-15H,16-20H2,1-4H3;1H/q+1;/p-1. The summed E-state index contributed by atoms with van der Waals surface area (Å²) < 4.78 is 4.12. The van der Waals surface area contributed by atoms with E-state index in [9.17, 15) is 0 Å². The van der Waals surface area contributed by atoms with Gasteiger partial charge in [-0.25, -0.2) is 0 Å². The van der Waals surface area contributed by atoms with E-state index in [0.717, 1.165) is 11.0 Å². The number of quaternary nitrogens is 1. The van der Waals surface area contributed by atoms with Gasteiger partial charge in [-0.1, -0.05) is 0 Å². The first-order valence-corrected chi connectivity index (χ1v) is 17.2. The molecule has 2 aromatic rings. The molecule has 0 saturated carbocycles. The van der Waals surface area contributed by atoms with Crippen LogP contribution in [0.1, 0.15) is 0 Å². The Kier molecular flexibility index (Phi) is 12.3. The van der Waals surface area contributed by atoms with Crippen LogP contribution in [0.2, 0.25) is 30.3 Å². The third-order valence-corrected chi connectivity index (χ3v) is 9.30. The van der Waals surface area contributed by atoms with E-state index in [1.54, 1.807) is 0 Å². The Morgan fingerprint density at radius 3 is 1.61 bits per heavy atom. The van der Waals surface area contributed by atoms with Gasteiger partial charge in [0, 0.05) is 0 Å². The maximum absolute atomic E-state index is 3.58. The van der Waals surface area contributed by atoms with Crippen molar-refractivity contribution in [3.05, 3.63) is 60.7 Å². The topological polar surface area (TPSA) is 0 Å². The summed E-state index contributed by atoms with van der Waals surface area (Å²) in [5.74, 6) is 3.56. The van der Waals surface area contributed by atoms with E-state index in [2.05, 4.69) is 98.8 Å². The molecule has 1 nitrogen and oxygen atoms in total. The SMILES string of the molecule is C[N+](CC#C[Si](C)(C)C)(CC[Se]c1ccccc1)CC[Se]c1ccccc1.[I-]. The molecular weight excluding hydrogens is 603 g/mol. The molecule has 0 radical (unpaired) electrons. The molecule has 0 heterocycles. The van der Waals surface area contributed by atoms with Crippen LogP contribution in [0, 0.1) is 11.5 Å². The normalized spacial score (nSPS) is 11.3. The number of halogens is 1. The van der Waals surface area contributed by atoms with Crippen molar-refractivity contribution in [2.45, 2.75) is 30.3 Å². The summed E-state index contributed by atoms with van der Waals surface area (Å²) in [7, 11) is 1.13. The van der Waals surface area contributed by atoms with Crippen LogP contribution in [0.25, 0.3) is 0 Å². The first-order chi connectivity index (χ1) is 12.9. The molecule has 0 spiro atoms. The summed E-state index contributed by atoms with van der Waals surface area (Å²) in [4.78, 5) is 0. The zero-order valence-electron chi connectivity index (χ0n) is 17.5. The van der Waals surface area contributed by atoms with E-state index in [0.29, 0.717) is 29.9 Å². The molecule has 2 aromatic carbocycles. The maximum Gasteiger partial charge on any atom is -1.00 e. The van der Waals surface area contributed by atoms with Crippen molar-refractivity contribution in [2.75, 3.05) is 26.7 Å². The first kappa shape index (κ1) is 26.0. The number of nitrogens with zero attached hydrogens (tertiary/aromatic N) is 1. The first-order valence-electron chi connectivity index (χ1n) is 9.56. The smallest absolute Gasteiger partial charge is 1.00 e.